The Morgan fingerprint density at radius 1 is 0.939 bits per heavy atom. The number of benzene rings is 2. The van der Waals surface area contributed by atoms with Crippen LogP contribution in [0.15, 0.2) is 34.7 Å². The molecule has 6 nitrogen and oxygen atoms in total. The van der Waals surface area contributed by atoms with Gasteiger partial charge in [-0.1, -0.05) is 58.0 Å². The maximum absolute atomic E-state index is 12.7. The first-order valence-electron chi connectivity index (χ1n) is 9.43. The van der Waals surface area contributed by atoms with E-state index in [1.807, 2.05) is 6.92 Å². The summed E-state index contributed by atoms with van der Waals surface area (Å²) < 4.78 is 21.9. The molecular weight excluding hydrogens is 536 g/mol. The lowest BCUT2D eigenvalue weighted by Gasteiger charge is -2.17. The van der Waals surface area contributed by atoms with Crippen LogP contribution in [0.5, 0.6) is 17.2 Å². The number of hydrogen-bond acceptors (Lipinski definition) is 5. The van der Waals surface area contributed by atoms with Crippen molar-refractivity contribution in [2.45, 2.75) is 19.6 Å². The first-order valence-corrected chi connectivity index (χ1v) is 11.3. The van der Waals surface area contributed by atoms with E-state index in [0.717, 1.165) is 5.56 Å². The van der Waals surface area contributed by atoms with Gasteiger partial charge in [0.25, 0.3) is 5.91 Å². The number of carbonyl (C=O) groups is 1. The molecule has 2 aromatic carbocycles. The van der Waals surface area contributed by atoms with Gasteiger partial charge >= 0.3 is 0 Å². The minimum absolute atomic E-state index is 0.0154. The van der Waals surface area contributed by atoms with Crippen LogP contribution in [0.25, 0.3) is 0 Å². The fourth-order valence-corrected chi connectivity index (χ4v) is 4.19. The minimum atomic E-state index is -0.424. The number of amides is 1. The zero-order valence-electron chi connectivity index (χ0n) is 17.6. The van der Waals surface area contributed by atoms with Crippen LogP contribution in [0.4, 0.5) is 0 Å². The Kier molecular flexibility index (Phi) is 8.54. The summed E-state index contributed by atoms with van der Waals surface area (Å²) in [5, 5.41) is 2.96. The first-order chi connectivity index (χ1) is 15.7. The summed E-state index contributed by atoms with van der Waals surface area (Å²) in [4.78, 5) is 12.7. The Morgan fingerprint density at radius 2 is 1.58 bits per heavy atom. The average molecular weight is 554 g/mol. The molecule has 176 valence electrons. The number of nitrogens with one attached hydrogen (secondary N) is 1. The highest BCUT2D eigenvalue weighted by atomic mass is 35.5. The van der Waals surface area contributed by atoms with Crippen molar-refractivity contribution in [3.63, 3.8) is 0 Å². The standard InChI is InChI=1S/C22H18Cl5NO5/c1-10(13-8-11(30-2)4-6-14(13)31-3)28-22(29)15-7-5-12(33-15)9-32-21-19(26)17(24)16(23)18(25)20(21)27/h4-8,10H,9H2,1-3H3,(H,28,29). The van der Waals surface area contributed by atoms with Crippen LogP contribution in [0, 0.1) is 0 Å². The zero-order valence-corrected chi connectivity index (χ0v) is 21.4. The monoisotopic (exact) mass is 551 g/mol. The van der Waals surface area contributed by atoms with Gasteiger partial charge in [0, 0.05) is 5.56 Å². The highest BCUT2D eigenvalue weighted by Crippen LogP contribution is 2.48. The molecule has 0 radical (unpaired) electrons. The van der Waals surface area contributed by atoms with Crippen LogP contribution < -0.4 is 19.5 Å². The molecule has 1 N–H and O–H groups in total. The topological polar surface area (TPSA) is 69.9 Å². The molecule has 33 heavy (non-hydrogen) atoms. The second-order valence-electron chi connectivity index (χ2n) is 6.76. The molecule has 0 spiro atoms. The molecule has 0 bridgehead atoms. The number of methoxy groups -OCH3 is 2. The Labute approximate surface area is 215 Å². The summed E-state index contributed by atoms with van der Waals surface area (Å²) in [6, 6.07) is 8.06. The molecule has 0 saturated heterocycles. The third-order valence-corrected chi connectivity index (χ3v) is 6.91. The average Bonchev–Trinajstić information content (AvgIpc) is 3.30. The number of furan rings is 1. The van der Waals surface area contributed by atoms with Crippen LogP contribution in [-0.2, 0) is 6.61 Å². The molecule has 11 heteroatoms. The van der Waals surface area contributed by atoms with Crippen molar-refractivity contribution in [1.29, 1.82) is 0 Å². The Morgan fingerprint density at radius 3 is 2.18 bits per heavy atom. The van der Waals surface area contributed by atoms with Gasteiger partial charge in [-0.25, -0.2) is 0 Å². The number of ether oxygens (including phenoxy) is 3. The summed E-state index contributed by atoms with van der Waals surface area (Å²) in [6.45, 7) is 1.74. The molecule has 3 rings (SSSR count). The highest BCUT2D eigenvalue weighted by Gasteiger charge is 2.22. The maximum atomic E-state index is 12.7. The molecule has 0 fully saturated rings. The van der Waals surface area contributed by atoms with E-state index in [0.29, 0.717) is 17.3 Å². The second-order valence-corrected chi connectivity index (χ2v) is 8.65. The van der Waals surface area contributed by atoms with Crippen molar-refractivity contribution in [2.75, 3.05) is 14.2 Å². The fourth-order valence-electron chi connectivity index (χ4n) is 2.96. The van der Waals surface area contributed by atoms with Crippen LogP contribution in [0.3, 0.4) is 0 Å². The van der Waals surface area contributed by atoms with Crippen molar-refractivity contribution in [1.82, 2.24) is 5.32 Å². The minimum Gasteiger partial charge on any atom is -0.497 e. The van der Waals surface area contributed by atoms with E-state index in [2.05, 4.69) is 5.32 Å². The normalized spacial score (nSPS) is 11.8. The van der Waals surface area contributed by atoms with E-state index in [-0.39, 0.29) is 49.3 Å². The van der Waals surface area contributed by atoms with Crippen molar-refractivity contribution >= 4 is 63.9 Å². The molecule has 1 atom stereocenters. The summed E-state index contributed by atoms with van der Waals surface area (Å²) in [7, 11) is 3.12. The molecular formula is C22H18Cl5NO5. The lowest BCUT2D eigenvalue weighted by molar-refractivity contribution is 0.0907. The molecule has 0 aliphatic rings. The van der Waals surface area contributed by atoms with E-state index in [9.17, 15) is 4.79 Å². The van der Waals surface area contributed by atoms with Gasteiger partial charge in [0.2, 0.25) is 0 Å². The van der Waals surface area contributed by atoms with E-state index in [4.69, 9.17) is 76.6 Å². The quantitative estimate of drug-likeness (QED) is 0.229. The Hall–Kier alpha value is -1.96. The van der Waals surface area contributed by atoms with Gasteiger partial charge in [-0.05, 0) is 37.3 Å². The summed E-state index contributed by atoms with van der Waals surface area (Å²) >= 11 is 30.4. The van der Waals surface area contributed by atoms with Crippen molar-refractivity contribution in [3.8, 4) is 17.2 Å². The number of halogens is 5. The fraction of sp³-hybridized carbons (Fsp3) is 0.227. The second kappa shape index (κ2) is 11.0. The number of carbonyl (C=O) groups excluding carboxylic acids is 1. The number of hydrogen-bond donors (Lipinski definition) is 1. The lowest BCUT2D eigenvalue weighted by atomic mass is 10.1. The molecule has 0 aliphatic heterocycles. The molecule has 1 heterocycles. The molecule has 1 aromatic heterocycles. The Bertz CT molecular complexity index is 1150. The van der Waals surface area contributed by atoms with Gasteiger partial charge in [0.05, 0.1) is 35.3 Å². The van der Waals surface area contributed by atoms with Crippen LogP contribution in [-0.4, -0.2) is 20.1 Å². The molecule has 0 saturated carbocycles. The first kappa shape index (κ1) is 25.7. The predicted molar refractivity (Wildman–Crippen MR) is 130 cm³/mol. The maximum Gasteiger partial charge on any atom is 0.287 e. The van der Waals surface area contributed by atoms with Gasteiger partial charge in [-0.3, -0.25) is 4.79 Å². The summed E-state index contributed by atoms with van der Waals surface area (Å²) in [5.41, 5.74) is 0.751. The summed E-state index contributed by atoms with van der Waals surface area (Å²) in [5.74, 6) is 1.33. The van der Waals surface area contributed by atoms with E-state index < -0.39 is 5.91 Å². The van der Waals surface area contributed by atoms with Crippen molar-refractivity contribution < 1.29 is 23.4 Å². The molecule has 0 aliphatic carbocycles. The van der Waals surface area contributed by atoms with Crippen LogP contribution in [0.1, 0.15) is 34.8 Å². The third-order valence-electron chi connectivity index (χ3n) is 4.66. The van der Waals surface area contributed by atoms with Gasteiger partial charge in [-0.15, -0.1) is 0 Å². The summed E-state index contributed by atoms with van der Waals surface area (Å²) in [6.07, 6.45) is 0. The zero-order chi connectivity index (χ0) is 24.3. The van der Waals surface area contributed by atoms with Crippen LogP contribution in [0.2, 0.25) is 25.1 Å². The van der Waals surface area contributed by atoms with Crippen molar-refractivity contribution in [3.05, 3.63) is 72.5 Å². The van der Waals surface area contributed by atoms with Gasteiger partial charge < -0.3 is 23.9 Å². The molecule has 1 unspecified atom stereocenters. The van der Waals surface area contributed by atoms with E-state index in [1.165, 1.54) is 6.07 Å². The van der Waals surface area contributed by atoms with Gasteiger partial charge in [-0.2, -0.15) is 0 Å². The highest BCUT2D eigenvalue weighted by molar-refractivity contribution is 6.55. The van der Waals surface area contributed by atoms with Crippen LogP contribution >= 0.6 is 58.0 Å². The molecule has 1 amide bonds. The van der Waals surface area contributed by atoms with Gasteiger partial charge in [0.1, 0.15) is 33.9 Å². The van der Waals surface area contributed by atoms with E-state index >= 15 is 0 Å². The van der Waals surface area contributed by atoms with E-state index in [1.54, 1.807) is 38.5 Å². The smallest absolute Gasteiger partial charge is 0.287 e. The third kappa shape index (κ3) is 5.58. The molecule has 3 aromatic rings. The number of rotatable bonds is 8. The van der Waals surface area contributed by atoms with Gasteiger partial charge in [0.15, 0.2) is 11.5 Å². The van der Waals surface area contributed by atoms with Crippen molar-refractivity contribution in [2.24, 2.45) is 0 Å². The Balaban J connectivity index is 1.71. The SMILES string of the molecule is COc1ccc(OC)c(C(C)NC(=O)c2ccc(COc3c(Cl)c(Cl)c(Cl)c(Cl)c3Cl)o2)c1. The lowest BCUT2D eigenvalue weighted by Crippen LogP contribution is -2.26. The largest absolute Gasteiger partial charge is 0.497 e. The predicted octanol–water partition coefficient (Wildman–Crippen LogP) is 7.63.